The molecule has 1 heteroatoms. The molecule has 1 atom stereocenters. The van der Waals surface area contributed by atoms with Gasteiger partial charge in [0.2, 0.25) is 0 Å². The molecule has 0 radical (unpaired) electrons. The maximum absolute atomic E-state index is 10.1. The molecule has 0 aliphatic carbocycles. The first-order valence-corrected chi connectivity index (χ1v) is 5.96. The lowest BCUT2D eigenvalue weighted by molar-refractivity contribution is 0.178. The summed E-state index contributed by atoms with van der Waals surface area (Å²) in [5.41, 5.74) is 4.74. The van der Waals surface area contributed by atoms with Gasteiger partial charge in [-0.2, -0.15) is 0 Å². The zero-order chi connectivity index (χ0) is 12.3. The number of aryl methyl sites for hydroxylation is 2. The maximum atomic E-state index is 10.1. The number of rotatable bonds is 3. The molecule has 2 rings (SSSR count). The van der Waals surface area contributed by atoms with Crippen LogP contribution in [0.3, 0.4) is 0 Å². The molecule has 0 amide bonds. The van der Waals surface area contributed by atoms with Crippen molar-refractivity contribution in [3.05, 3.63) is 70.8 Å². The summed E-state index contributed by atoms with van der Waals surface area (Å²) < 4.78 is 0. The van der Waals surface area contributed by atoms with Crippen LogP contribution in [0.5, 0.6) is 0 Å². The lowest BCUT2D eigenvalue weighted by Crippen LogP contribution is -2.02. The second kappa shape index (κ2) is 5.15. The van der Waals surface area contributed by atoms with Crippen molar-refractivity contribution in [1.82, 2.24) is 0 Å². The molecule has 0 bridgehead atoms. The Morgan fingerprint density at radius 1 is 0.941 bits per heavy atom. The van der Waals surface area contributed by atoms with Crippen molar-refractivity contribution < 1.29 is 5.11 Å². The van der Waals surface area contributed by atoms with E-state index in [0.717, 1.165) is 5.56 Å². The van der Waals surface area contributed by atoms with Crippen LogP contribution < -0.4 is 0 Å². The van der Waals surface area contributed by atoms with Crippen LogP contribution >= 0.6 is 0 Å². The van der Waals surface area contributed by atoms with E-state index in [2.05, 4.69) is 32.0 Å². The summed E-state index contributed by atoms with van der Waals surface area (Å²) >= 11 is 0. The SMILES string of the molecule is Cc1ccc(CC(O)c2ccccc2)cc1C. The summed E-state index contributed by atoms with van der Waals surface area (Å²) in [7, 11) is 0. The third kappa shape index (κ3) is 2.95. The molecule has 2 aromatic carbocycles. The van der Waals surface area contributed by atoms with Gasteiger partial charge in [0, 0.05) is 6.42 Å². The van der Waals surface area contributed by atoms with Gasteiger partial charge in [0.15, 0.2) is 0 Å². The summed E-state index contributed by atoms with van der Waals surface area (Å²) in [5, 5.41) is 10.1. The van der Waals surface area contributed by atoms with Gasteiger partial charge in [-0.3, -0.25) is 0 Å². The van der Waals surface area contributed by atoms with Crippen LogP contribution in [0.15, 0.2) is 48.5 Å². The largest absolute Gasteiger partial charge is 0.388 e. The van der Waals surface area contributed by atoms with Crippen molar-refractivity contribution in [1.29, 1.82) is 0 Å². The van der Waals surface area contributed by atoms with E-state index >= 15 is 0 Å². The first kappa shape index (κ1) is 11.9. The Kier molecular flexibility index (Phi) is 3.60. The van der Waals surface area contributed by atoms with Gasteiger partial charge in [-0.25, -0.2) is 0 Å². The highest BCUT2D eigenvalue weighted by molar-refractivity contribution is 5.31. The Morgan fingerprint density at radius 2 is 1.65 bits per heavy atom. The molecule has 2 aromatic rings. The van der Waals surface area contributed by atoms with Crippen LogP contribution in [-0.4, -0.2) is 5.11 Å². The topological polar surface area (TPSA) is 20.2 Å². The average molecular weight is 226 g/mol. The average Bonchev–Trinajstić information content (AvgIpc) is 2.35. The molecule has 0 saturated heterocycles. The standard InChI is InChI=1S/C16H18O/c1-12-8-9-14(10-13(12)2)11-16(17)15-6-4-3-5-7-15/h3-10,16-17H,11H2,1-2H3. The first-order chi connectivity index (χ1) is 8.16. The quantitative estimate of drug-likeness (QED) is 0.848. The zero-order valence-corrected chi connectivity index (χ0v) is 10.4. The fourth-order valence-electron chi connectivity index (χ4n) is 1.95. The normalized spacial score (nSPS) is 12.4. The van der Waals surface area contributed by atoms with Crippen molar-refractivity contribution in [3.8, 4) is 0 Å². The Bertz CT molecular complexity index is 488. The van der Waals surface area contributed by atoms with Crippen molar-refractivity contribution >= 4 is 0 Å². The molecule has 1 nitrogen and oxygen atoms in total. The van der Waals surface area contributed by atoms with Crippen LogP contribution in [0.25, 0.3) is 0 Å². The van der Waals surface area contributed by atoms with Crippen molar-refractivity contribution in [2.75, 3.05) is 0 Å². The fourth-order valence-corrected chi connectivity index (χ4v) is 1.95. The maximum Gasteiger partial charge on any atom is 0.0830 e. The molecule has 0 spiro atoms. The molecule has 17 heavy (non-hydrogen) atoms. The van der Waals surface area contributed by atoms with E-state index in [-0.39, 0.29) is 0 Å². The second-order valence-corrected chi connectivity index (χ2v) is 4.55. The number of aliphatic hydroxyl groups is 1. The van der Waals surface area contributed by atoms with Crippen LogP contribution in [0.2, 0.25) is 0 Å². The molecule has 0 saturated carbocycles. The first-order valence-electron chi connectivity index (χ1n) is 5.96. The third-order valence-electron chi connectivity index (χ3n) is 3.18. The molecule has 0 fully saturated rings. The second-order valence-electron chi connectivity index (χ2n) is 4.55. The van der Waals surface area contributed by atoms with Gasteiger partial charge in [0.25, 0.3) is 0 Å². The van der Waals surface area contributed by atoms with E-state index in [9.17, 15) is 5.11 Å². The molecule has 0 aliphatic rings. The Balaban J connectivity index is 2.13. The molecule has 0 aromatic heterocycles. The molecule has 1 unspecified atom stereocenters. The number of hydrogen-bond donors (Lipinski definition) is 1. The Hall–Kier alpha value is -1.60. The van der Waals surface area contributed by atoms with Crippen LogP contribution in [0.4, 0.5) is 0 Å². The van der Waals surface area contributed by atoms with E-state index in [4.69, 9.17) is 0 Å². The van der Waals surface area contributed by atoms with Gasteiger partial charge in [0.1, 0.15) is 0 Å². The molecular weight excluding hydrogens is 208 g/mol. The van der Waals surface area contributed by atoms with E-state index < -0.39 is 6.10 Å². The van der Waals surface area contributed by atoms with Crippen molar-refractivity contribution in [2.24, 2.45) is 0 Å². The molecule has 0 aliphatic heterocycles. The van der Waals surface area contributed by atoms with E-state index in [0.29, 0.717) is 6.42 Å². The summed E-state index contributed by atoms with van der Waals surface area (Å²) in [6.07, 6.45) is 0.254. The monoisotopic (exact) mass is 226 g/mol. The van der Waals surface area contributed by atoms with Crippen molar-refractivity contribution in [2.45, 2.75) is 26.4 Å². The predicted octanol–water partition coefficient (Wildman–Crippen LogP) is 3.58. The Labute approximate surface area is 103 Å². The summed E-state index contributed by atoms with van der Waals surface area (Å²) in [5.74, 6) is 0. The minimum absolute atomic E-state index is 0.418. The zero-order valence-electron chi connectivity index (χ0n) is 10.4. The highest BCUT2D eigenvalue weighted by Crippen LogP contribution is 2.19. The van der Waals surface area contributed by atoms with Gasteiger partial charge < -0.3 is 5.11 Å². The molecule has 88 valence electrons. The molecule has 0 heterocycles. The Morgan fingerprint density at radius 3 is 2.29 bits per heavy atom. The van der Waals surface area contributed by atoms with Crippen molar-refractivity contribution in [3.63, 3.8) is 0 Å². The summed E-state index contributed by atoms with van der Waals surface area (Å²) in [6.45, 7) is 4.21. The van der Waals surface area contributed by atoms with Gasteiger partial charge in [-0.15, -0.1) is 0 Å². The van der Waals surface area contributed by atoms with Gasteiger partial charge >= 0.3 is 0 Å². The minimum atomic E-state index is -0.418. The number of benzene rings is 2. The van der Waals surface area contributed by atoms with Gasteiger partial charge in [-0.05, 0) is 36.1 Å². The smallest absolute Gasteiger partial charge is 0.0830 e. The third-order valence-corrected chi connectivity index (χ3v) is 3.18. The molecule has 1 N–H and O–H groups in total. The fraction of sp³-hybridized carbons (Fsp3) is 0.250. The minimum Gasteiger partial charge on any atom is -0.388 e. The lowest BCUT2D eigenvalue weighted by Gasteiger charge is -2.12. The van der Waals surface area contributed by atoms with Crippen LogP contribution in [0, 0.1) is 13.8 Å². The van der Waals surface area contributed by atoms with Gasteiger partial charge in [0.05, 0.1) is 6.10 Å². The van der Waals surface area contributed by atoms with E-state index in [1.54, 1.807) is 0 Å². The van der Waals surface area contributed by atoms with Crippen LogP contribution in [-0.2, 0) is 6.42 Å². The predicted molar refractivity (Wildman–Crippen MR) is 71.0 cm³/mol. The van der Waals surface area contributed by atoms with Gasteiger partial charge in [-0.1, -0.05) is 48.5 Å². The van der Waals surface area contributed by atoms with Crippen LogP contribution in [0.1, 0.15) is 28.4 Å². The summed E-state index contributed by atoms with van der Waals surface area (Å²) in [6, 6.07) is 16.2. The number of hydrogen-bond acceptors (Lipinski definition) is 1. The molecular formula is C16H18O. The summed E-state index contributed by atoms with van der Waals surface area (Å²) in [4.78, 5) is 0. The van der Waals surface area contributed by atoms with E-state index in [1.807, 2.05) is 30.3 Å². The highest BCUT2D eigenvalue weighted by Gasteiger charge is 2.08. The number of aliphatic hydroxyl groups excluding tert-OH is 1. The highest BCUT2D eigenvalue weighted by atomic mass is 16.3. The van der Waals surface area contributed by atoms with E-state index in [1.165, 1.54) is 16.7 Å². The lowest BCUT2D eigenvalue weighted by atomic mass is 9.98.